The lowest BCUT2D eigenvalue weighted by atomic mass is 9.72. The Bertz CT molecular complexity index is 707. The first kappa shape index (κ1) is 16.8. The number of hydrogen-bond acceptors (Lipinski definition) is 3. The van der Waals surface area contributed by atoms with E-state index >= 15 is 0 Å². The van der Waals surface area contributed by atoms with Gasteiger partial charge in [-0.2, -0.15) is 0 Å². The molecule has 0 unspecified atom stereocenters. The number of carbonyl (C=O) groups excluding carboxylic acids is 1. The molecule has 2 atom stereocenters. The Kier molecular flexibility index (Phi) is 4.65. The number of benzene rings is 1. The average molecular weight is 355 g/mol. The molecule has 2 heterocycles. The first-order valence-electron chi connectivity index (χ1n) is 9.34. The zero-order chi connectivity index (χ0) is 17.3. The van der Waals surface area contributed by atoms with E-state index in [-0.39, 0.29) is 17.4 Å². The largest absolute Gasteiger partial charge is 0.340 e. The van der Waals surface area contributed by atoms with Gasteiger partial charge in [0.1, 0.15) is 0 Å². The van der Waals surface area contributed by atoms with Gasteiger partial charge in [-0.25, -0.2) is 0 Å². The second-order valence-electron chi connectivity index (χ2n) is 7.51. The molecule has 2 N–H and O–H groups in total. The minimum Gasteiger partial charge on any atom is -0.340 e. The van der Waals surface area contributed by atoms with Gasteiger partial charge in [0.25, 0.3) is 0 Å². The molecule has 1 aromatic carbocycles. The van der Waals surface area contributed by atoms with Gasteiger partial charge in [-0.15, -0.1) is 11.3 Å². The van der Waals surface area contributed by atoms with Crippen molar-refractivity contribution in [2.24, 2.45) is 5.73 Å². The summed E-state index contributed by atoms with van der Waals surface area (Å²) in [4.78, 5) is 16.9. The Balaban J connectivity index is 1.59. The summed E-state index contributed by atoms with van der Waals surface area (Å²) in [6.45, 7) is 1.42. The molecule has 0 radical (unpaired) electrons. The average Bonchev–Trinajstić information content (AvgIpc) is 3.32. The summed E-state index contributed by atoms with van der Waals surface area (Å²) in [5, 5.41) is 2.10. The third-order valence-corrected chi connectivity index (χ3v) is 7.06. The van der Waals surface area contributed by atoms with E-state index in [2.05, 4.69) is 41.8 Å². The van der Waals surface area contributed by atoms with Gasteiger partial charge in [-0.1, -0.05) is 55.7 Å². The smallest absolute Gasteiger partial charge is 0.234 e. The van der Waals surface area contributed by atoms with Crippen LogP contribution in [0.15, 0.2) is 47.8 Å². The van der Waals surface area contributed by atoms with Crippen LogP contribution in [-0.4, -0.2) is 29.9 Å². The van der Waals surface area contributed by atoms with Crippen molar-refractivity contribution in [3.63, 3.8) is 0 Å². The summed E-state index contributed by atoms with van der Waals surface area (Å²) in [5.41, 5.74) is 7.38. The van der Waals surface area contributed by atoms with Crippen molar-refractivity contribution in [1.82, 2.24) is 4.90 Å². The molecular formula is C21H26N2OS. The van der Waals surface area contributed by atoms with Gasteiger partial charge in [-0.05, 0) is 29.9 Å². The number of nitrogens with two attached hydrogens (primary N) is 1. The maximum absolute atomic E-state index is 13.6. The molecule has 3 nitrogen and oxygen atoms in total. The van der Waals surface area contributed by atoms with Crippen LogP contribution in [-0.2, 0) is 10.2 Å². The summed E-state index contributed by atoms with van der Waals surface area (Å²) < 4.78 is 0. The van der Waals surface area contributed by atoms with Crippen molar-refractivity contribution < 1.29 is 4.79 Å². The first-order valence-corrected chi connectivity index (χ1v) is 10.2. The third-order valence-electron chi connectivity index (χ3n) is 5.99. The molecule has 0 spiro atoms. The van der Waals surface area contributed by atoms with Crippen LogP contribution in [0.5, 0.6) is 0 Å². The number of thiophene rings is 1. The van der Waals surface area contributed by atoms with Crippen LogP contribution in [0, 0.1) is 0 Å². The maximum atomic E-state index is 13.6. The summed E-state index contributed by atoms with van der Waals surface area (Å²) >= 11 is 1.73. The minimum absolute atomic E-state index is 0.0235. The van der Waals surface area contributed by atoms with Crippen LogP contribution < -0.4 is 5.73 Å². The lowest BCUT2D eigenvalue weighted by Crippen LogP contribution is -2.47. The minimum atomic E-state index is -0.308. The van der Waals surface area contributed by atoms with Gasteiger partial charge in [0, 0.05) is 29.9 Å². The van der Waals surface area contributed by atoms with Gasteiger partial charge < -0.3 is 10.6 Å². The van der Waals surface area contributed by atoms with Crippen LogP contribution in [0.2, 0.25) is 0 Å². The highest BCUT2D eigenvalue weighted by atomic mass is 32.1. The summed E-state index contributed by atoms with van der Waals surface area (Å²) in [7, 11) is 0. The molecule has 4 rings (SSSR count). The number of likely N-dealkylation sites (tertiary alicyclic amines) is 1. The highest BCUT2D eigenvalue weighted by Crippen LogP contribution is 2.44. The third kappa shape index (κ3) is 3.02. The zero-order valence-corrected chi connectivity index (χ0v) is 15.4. The molecule has 1 aliphatic carbocycles. The monoisotopic (exact) mass is 354 g/mol. The number of nitrogens with zero attached hydrogens (tertiary/aromatic N) is 1. The fourth-order valence-corrected chi connectivity index (χ4v) is 5.60. The Hall–Kier alpha value is -1.65. The van der Waals surface area contributed by atoms with E-state index in [0.29, 0.717) is 12.5 Å². The number of amides is 1. The Morgan fingerprint density at radius 3 is 2.48 bits per heavy atom. The topological polar surface area (TPSA) is 46.3 Å². The van der Waals surface area contributed by atoms with Crippen molar-refractivity contribution in [1.29, 1.82) is 0 Å². The van der Waals surface area contributed by atoms with E-state index in [4.69, 9.17) is 5.73 Å². The first-order chi connectivity index (χ1) is 12.2. The van der Waals surface area contributed by atoms with Crippen LogP contribution >= 0.6 is 11.3 Å². The highest BCUT2D eigenvalue weighted by Gasteiger charge is 2.47. The van der Waals surface area contributed by atoms with Gasteiger partial charge in [0.05, 0.1) is 5.41 Å². The van der Waals surface area contributed by atoms with E-state index in [1.807, 2.05) is 11.0 Å². The molecule has 25 heavy (non-hydrogen) atoms. The van der Waals surface area contributed by atoms with Crippen molar-refractivity contribution >= 4 is 17.2 Å². The number of rotatable bonds is 3. The van der Waals surface area contributed by atoms with Crippen molar-refractivity contribution in [2.45, 2.75) is 49.5 Å². The maximum Gasteiger partial charge on any atom is 0.234 e. The molecule has 1 aliphatic heterocycles. The van der Waals surface area contributed by atoms with Gasteiger partial charge >= 0.3 is 0 Å². The zero-order valence-electron chi connectivity index (χ0n) is 14.6. The molecule has 2 aliphatic rings. The standard InChI is InChI=1S/C21H26N2OS/c22-18-15-23(14-17(18)16-8-3-1-4-9-16)20(24)21(11-5-2-6-12-21)19-10-7-13-25-19/h1,3-4,7-10,13,17-18H,2,5-6,11-12,14-15,22H2/t17-,18+/m0/s1. The van der Waals surface area contributed by atoms with Gasteiger partial charge in [0.15, 0.2) is 0 Å². The quantitative estimate of drug-likeness (QED) is 0.908. The fraction of sp³-hybridized carbons (Fsp3) is 0.476. The molecule has 1 saturated heterocycles. The number of carbonyl (C=O) groups is 1. The van der Waals surface area contributed by atoms with E-state index in [1.54, 1.807) is 11.3 Å². The molecule has 2 aromatic rings. The van der Waals surface area contributed by atoms with Gasteiger partial charge in [0.2, 0.25) is 5.91 Å². The Morgan fingerprint density at radius 2 is 1.80 bits per heavy atom. The van der Waals surface area contributed by atoms with Crippen LogP contribution in [0.3, 0.4) is 0 Å². The molecule has 2 fully saturated rings. The van der Waals surface area contributed by atoms with Crippen LogP contribution in [0.1, 0.15) is 48.5 Å². The summed E-state index contributed by atoms with van der Waals surface area (Å²) in [6, 6.07) is 14.7. The number of hydrogen-bond donors (Lipinski definition) is 1. The van der Waals surface area contributed by atoms with E-state index in [1.165, 1.54) is 16.9 Å². The molecule has 0 bridgehead atoms. The molecule has 1 amide bonds. The highest BCUT2D eigenvalue weighted by molar-refractivity contribution is 7.10. The predicted octanol–water partition coefficient (Wildman–Crippen LogP) is 3.90. The molecule has 4 heteroatoms. The van der Waals surface area contributed by atoms with Crippen LogP contribution in [0.4, 0.5) is 0 Å². The van der Waals surface area contributed by atoms with E-state index in [9.17, 15) is 4.79 Å². The lowest BCUT2D eigenvalue weighted by Gasteiger charge is -2.38. The van der Waals surface area contributed by atoms with Crippen molar-refractivity contribution in [3.8, 4) is 0 Å². The molecule has 1 saturated carbocycles. The normalized spacial score (nSPS) is 25.9. The second-order valence-corrected chi connectivity index (χ2v) is 8.46. The second kappa shape index (κ2) is 6.93. The predicted molar refractivity (Wildman–Crippen MR) is 103 cm³/mol. The Morgan fingerprint density at radius 1 is 1.04 bits per heavy atom. The van der Waals surface area contributed by atoms with Crippen molar-refractivity contribution in [2.75, 3.05) is 13.1 Å². The van der Waals surface area contributed by atoms with Crippen LogP contribution in [0.25, 0.3) is 0 Å². The SMILES string of the molecule is N[C@@H]1CN(C(=O)C2(c3cccs3)CCCCC2)C[C@H]1c1ccccc1. The molecule has 1 aromatic heterocycles. The van der Waals surface area contributed by atoms with E-state index in [0.717, 1.165) is 32.2 Å². The van der Waals surface area contributed by atoms with E-state index < -0.39 is 0 Å². The fourth-order valence-electron chi connectivity index (χ4n) is 4.62. The summed E-state index contributed by atoms with van der Waals surface area (Å²) in [5.74, 6) is 0.553. The molecular weight excluding hydrogens is 328 g/mol. The lowest BCUT2D eigenvalue weighted by molar-refractivity contribution is -0.137. The Labute approximate surface area is 153 Å². The molecule has 132 valence electrons. The summed E-state index contributed by atoms with van der Waals surface area (Å²) in [6.07, 6.45) is 5.49. The van der Waals surface area contributed by atoms with Gasteiger partial charge in [-0.3, -0.25) is 4.79 Å². The van der Waals surface area contributed by atoms with Crippen molar-refractivity contribution in [3.05, 3.63) is 58.3 Å².